The summed E-state index contributed by atoms with van der Waals surface area (Å²) in [7, 11) is 2.09. The molecule has 0 aliphatic rings. The Bertz CT molecular complexity index is 2920. The van der Waals surface area contributed by atoms with E-state index in [2.05, 4.69) is 141 Å². The van der Waals surface area contributed by atoms with E-state index in [0.29, 0.717) is 22.2 Å². The second-order valence-corrected chi connectivity index (χ2v) is 14.5. The summed E-state index contributed by atoms with van der Waals surface area (Å²) < 4.78 is 37.6. The van der Waals surface area contributed by atoms with Gasteiger partial charge in [-0.05, 0) is 94.7 Å². The van der Waals surface area contributed by atoms with Crippen LogP contribution in [-0.4, -0.2) is 9.55 Å². The van der Waals surface area contributed by atoms with Crippen molar-refractivity contribution in [2.75, 3.05) is 0 Å². The lowest BCUT2D eigenvalue weighted by atomic mass is 9.88. The van der Waals surface area contributed by atoms with E-state index in [1.165, 1.54) is 22.3 Å². The van der Waals surface area contributed by atoms with Crippen LogP contribution in [-0.2, 0) is 7.05 Å². The van der Waals surface area contributed by atoms with Crippen LogP contribution in [0.3, 0.4) is 0 Å². The van der Waals surface area contributed by atoms with Gasteiger partial charge in [0.2, 0.25) is 0 Å². The Morgan fingerprint density at radius 3 is 2.12 bits per heavy atom. The van der Waals surface area contributed by atoms with Crippen molar-refractivity contribution >= 4 is 54.5 Å². The van der Waals surface area contributed by atoms with Crippen LogP contribution in [0.15, 0.2) is 120 Å². The van der Waals surface area contributed by atoms with Crippen LogP contribution in [0.1, 0.15) is 66.2 Å². The number of nitrogens with zero attached hydrogens (tertiary/aromatic N) is 3. The summed E-state index contributed by atoms with van der Waals surface area (Å²) >= 11 is 0. The highest BCUT2D eigenvalue weighted by molar-refractivity contribution is 6.18. The van der Waals surface area contributed by atoms with Crippen LogP contribution in [0.2, 0.25) is 0 Å². The Labute approximate surface area is 302 Å². The predicted molar refractivity (Wildman–Crippen MR) is 213 cm³/mol. The number of aromatic nitrogens is 3. The van der Waals surface area contributed by atoms with Crippen LogP contribution in [0.5, 0.6) is 0 Å². The maximum Gasteiger partial charge on any atom is 0.300 e. The van der Waals surface area contributed by atoms with Crippen LogP contribution in [0, 0.1) is 13.8 Å². The number of furan rings is 1. The van der Waals surface area contributed by atoms with Crippen molar-refractivity contribution < 1.29 is 13.1 Å². The smallest absolute Gasteiger partial charge is 0.300 e. The van der Waals surface area contributed by atoms with Crippen molar-refractivity contribution in [2.24, 2.45) is 7.05 Å². The molecular formula is C47H42N3O+. The molecule has 0 saturated carbocycles. The van der Waals surface area contributed by atoms with Gasteiger partial charge in [-0.3, -0.25) is 4.98 Å². The van der Waals surface area contributed by atoms with Gasteiger partial charge in [0.15, 0.2) is 16.6 Å². The molecule has 0 aliphatic carbocycles. The molecule has 0 N–H and O–H groups in total. The fourth-order valence-electron chi connectivity index (χ4n) is 8.15. The first kappa shape index (κ1) is 28.0. The Morgan fingerprint density at radius 2 is 1.37 bits per heavy atom. The van der Waals surface area contributed by atoms with Crippen LogP contribution < -0.4 is 4.57 Å². The zero-order valence-corrected chi connectivity index (χ0v) is 29.9. The summed E-state index contributed by atoms with van der Waals surface area (Å²) in [6, 6.07) is 40.4. The van der Waals surface area contributed by atoms with Crippen molar-refractivity contribution in [3.63, 3.8) is 0 Å². The number of benzene rings is 6. The van der Waals surface area contributed by atoms with Crippen molar-refractivity contribution in [3.05, 3.63) is 138 Å². The normalized spacial score (nSPS) is 13.3. The lowest BCUT2D eigenvalue weighted by Crippen LogP contribution is -2.31. The van der Waals surface area contributed by atoms with Gasteiger partial charge in [0, 0.05) is 26.3 Å². The molecule has 0 bridgehead atoms. The molecule has 0 amide bonds. The Hall–Kier alpha value is -5.74. The largest absolute Gasteiger partial charge is 0.455 e. The third-order valence-corrected chi connectivity index (χ3v) is 10.6. The number of hydrogen-bond donors (Lipinski definition) is 0. The minimum atomic E-state index is -2.47. The van der Waals surface area contributed by atoms with Gasteiger partial charge in [-0.2, -0.15) is 4.57 Å². The summed E-state index contributed by atoms with van der Waals surface area (Å²) in [5.41, 5.74) is 10.6. The summed E-state index contributed by atoms with van der Waals surface area (Å²) in [4.78, 5) is 4.98. The van der Waals surface area contributed by atoms with Gasteiger partial charge in [0.05, 0.1) is 18.1 Å². The molecule has 0 radical (unpaired) electrons. The molecule has 0 saturated heterocycles. The molecule has 0 atom stereocenters. The van der Waals surface area contributed by atoms with E-state index in [4.69, 9.17) is 13.5 Å². The van der Waals surface area contributed by atoms with E-state index < -0.39 is 6.85 Å². The average molecular weight is 668 g/mol. The molecule has 9 rings (SSSR count). The zero-order valence-electron chi connectivity index (χ0n) is 32.9. The molecule has 6 aromatic carbocycles. The number of hydrogen-bond acceptors (Lipinski definition) is 2. The third kappa shape index (κ3) is 4.73. The van der Waals surface area contributed by atoms with Crippen molar-refractivity contribution in [3.8, 4) is 28.2 Å². The number of rotatable bonds is 5. The molecular weight excluding hydrogens is 623 g/mol. The molecule has 0 unspecified atom stereocenters. The standard InChI is InChI=1S/C47H42N3O/c1-27(2)36-23-34(31-15-9-8-10-16-31)24-37(28(3)4)45(36)50-41-20-14-13-19-40(41)49(7)47(50)44-30(6)48-29(5)43-39-26-38-33(25-42(39)51-46(43)44)22-21-32-17-11-12-18-35(32)38/h8-28H,1-7H3/q+1/i5D3. The number of aryl methyl sites for hydroxylation is 3. The van der Waals surface area contributed by atoms with Gasteiger partial charge in [-0.1, -0.05) is 107 Å². The number of para-hydroxylation sites is 2. The van der Waals surface area contributed by atoms with Gasteiger partial charge >= 0.3 is 5.82 Å². The summed E-state index contributed by atoms with van der Waals surface area (Å²) in [6.07, 6.45) is 0. The van der Waals surface area contributed by atoms with Gasteiger partial charge in [-0.15, -0.1) is 0 Å². The van der Waals surface area contributed by atoms with Gasteiger partial charge < -0.3 is 4.42 Å². The van der Waals surface area contributed by atoms with E-state index in [1.54, 1.807) is 0 Å². The highest BCUT2D eigenvalue weighted by Gasteiger charge is 2.35. The molecule has 51 heavy (non-hydrogen) atoms. The molecule has 4 nitrogen and oxygen atoms in total. The van der Waals surface area contributed by atoms with Crippen LogP contribution >= 0.6 is 0 Å². The number of pyridine rings is 1. The first-order valence-corrected chi connectivity index (χ1v) is 17.8. The molecule has 0 spiro atoms. The molecule has 3 heterocycles. The van der Waals surface area contributed by atoms with Gasteiger partial charge in [0.25, 0.3) is 0 Å². The predicted octanol–water partition coefficient (Wildman–Crippen LogP) is 12.3. The van der Waals surface area contributed by atoms with Crippen LogP contribution in [0.4, 0.5) is 0 Å². The molecule has 4 heteroatoms. The Kier molecular flexibility index (Phi) is 6.41. The molecule has 9 aromatic rings. The number of fused-ring (bicyclic) bond motifs is 7. The topological polar surface area (TPSA) is 34.8 Å². The minimum Gasteiger partial charge on any atom is -0.455 e. The highest BCUT2D eigenvalue weighted by atomic mass is 16.3. The lowest BCUT2D eigenvalue weighted by molar-refractivity contribution is -0.633. The van der Waals surface area contributed by atoms with Crippen molar-refractivity contribution in [1.82, 2.24) is 9.55 Å². The van der Waals surface area contributed by atoms with Crippen molar-refractivity contribution in [1.29, 1.82) is 0 Å². The zero-order chi connectivity index (χ0) is 37.6. The minimum absolute atomic E-state index is 0.0559. The first-order valence-electron chi connectivity index (χ1n) is 19.3. The maximum atomic E-state index is 8.70. The fourth-order valence-corrected chi connectivity index (χ4v) is 8.15. The summed E-state index contributed by atoms with van der Waals surface area (Å²) in [5.74, 6) is 1.28. The summed E-state index contributed by atoms with van der Waals surface area (Å²) in [6.45, 7) is 8.47. The monoisotopic (exact) mass is 667 g/mol. The van der Waals surface area contributed by atoms with E-state index in [-0.39, 0.29) is 17.5 Å². The SMILES string of the molecule is [2H]C([2H])([2H])c1nc(C)c(-c2n(-c3c(C(C)C)cc(-c4ccccc4)cc3C(C)C)c3ccccc3[n+]2C)c2oc3cc4ccc5ccccc5c4cc3c12. The summed E-state index contributed by atoms with van der Waals surface area (Å²) in [5, 5.41) is 5.59. The quantitative estimate of drug-likeness (QED) is 0.135. The van der Waals surface area contributed by atoms with Crippen molar-refractivity contribution in [2.45, 2.75) is 53.3 Å². The van der Waals surface area contributed by atoms with E-state index in [9.17, 15) is 0 Å². The Balaban J connectivity index is 1.45. The van der Waals surface area contributed by atoms with E-state index in [1.807, 2.05) is 25.1 Å². The second kappa shape index (κ2) is 11.7. The molecule has 0 fully saturated rings. The highest BCUT2D eigenvalue weighted by Crippen LogP contribution is 2.44. The Morgan fingerprint density at radius 1 is 0.686 bits per heavy atom. The first-order chi connectivity index (χ1) is 25.9. The van der Waals surface area contributed by atoms with E-state index >= 15 is 0 Å². The average Bonchev–Trinajstić information content (AvgIpc) is 3.67. The molecule has 250 valence electrons. The molecule has 0 aliphatic heterocycles. The molecule has 3 aromatic heterocycles. The second-order valence-electron chi connectivity index (χ2n) is 14.5. The number of imidazole rings is 1. The lowest BCUT2D eigenvalue weighted by Gasteiger charge is -2.21. The van der Waals surface area contributed by atoms with Gasteiger partial charge in [-0.25, -0.2) is 4.57 Å². The van der Waals surface area contributed by atoms with Gasteiger partial charge in [0.1, 0.15) is 16.8 Å². The fraction of sp³-hybridized carbons (Fsp3) is 0.191. The van der Waals surface area contributed by atoms with E-state index in [0.717, 1.165) is 55.0 Å². The third-order valence-electron chi connectivity index (χ3n) is 10.6. The van der Waals surface area contributed by atoms with Crippen LogP contribution in [0.25, 0.3) is 82.7 Å². The maximum absolute atomic E-state index is 8.70.